The van der Waals surface area contributed by atoms with Gasteiger partial charge in [-0.15, -0.1) is 0 Å². The van der Waals surface area contributed by atoms with Crippen LogP contribution in [0, 0.1) is 18.7 Å². The van der Waals surface area contributed by atoms with Gasteiger partial charge in [0, 0.05) is 24.8 Å². The van der Waals surface area contributed by atoms with E-state index in [1.807, 2.05) is 0 Å². The number of hydrogen-bond donors (Lipinski definition) is 2. The van der Waals surface area contributed by atoms with Gasteiger partial charge >= 0.3 is 0 Å². The van der Waals surface area contributed by atoms with Crippen LogP contribution in [-0.2, 0) is 4.79 Å². The molecule has 222 valence electrons. The molecule has 2 aliphatic rings. The summed E-state index contributed by atoms with van der Waals surface area (Å²) in [5.41, 5.74) is -0.687. The van der Waals surface area contributed by atoms with Crippen LogP contribution < -0.4 is 5.32 Å². The minimum atomic E-state index is -3.15. The summed E-state index contributed by atoms with van der Waals surface area (Å²) in [6.07, 6.45) is -5.01. The lowest BCUT2D eigenvalue weighted by Crippen LogP contribution is -2.59. The van der Waals surface area contributed by atoms with Crippen LogP contribution in [0.5, 0.6) is 0 Å². The van der Waals surface area contributed by atoms with Gasteiger partial charge in [0.25, 0.3) is 11.8 Å². The van der Waals surface area contributed by atoms with Crippen molar-refractivity contribution in [1.29, 1.82) is 0 Å². The van der Waals surface area contributed by atoms with Gasteiger partial charge in [-0.25, -0.2) is 40.3 Å². The van der Waals surface area contributed by atoms with Crippen LogP contribution in [0.4, 0.5) is 30.7 Å². The molecule has 5 rings (SSSR count). The van der Waals surface area contributed by atoms with E-state index in [0.29, 0.717) is 4.90 Å². The highest BCUT2D eigenvalue weighted by atomic mass is 19.3. The second-order valence-corrected chi connectivity index (χ2v) is 10.6. The first kappa shape index (κ1) is 28.8. The van der Waals surface area contributed by atoms with Crippen molar-refractivity contribution in [1.82, 2.24) is 30.5 Å². The smallest absolute Gasteiger partial charge is 0.282 e. The zero-order valence-electron chi connectivity index (χ0n) is 21.6. The van der Waals surface area contributed by atoms with E-state index in [1.165, 1.54) is 13.0 Å². The number of aromatic nitrogens is 4. The van der Waals surface area contributed by atoms with Gasteiger partial charge in [0.2, 0.25) is 18.3 Å². The van der Waals surface area contributed by atoms with Gasteiger partial charge in [0.05, 0.1) is 30.6 Å². The first-order valence-electron chi connectivity index (χ1n) is 12.9. The number of carbonyl (C=O) groups excluding carboxylic acids is 2. The number of nitrogens with one attached hydrogen (secondary N) is 2. The number of aryl methyl sites for hydroxylation is 1. The maximum Gasteiger partial charge on any atom is 0.282 e. The first-order chi connectivity index (χ1) is 19.2. The van der Waals surface area contributed by atoms with Crippen molar-refractivity contribution in [2.45, 2.75) is 69.3 Å². The number of H-pyrrole nitrogens is 1. The number of nitrogens with zero attached hydrogens (tertiary/aromatic N) is 4. The summed E-state index contributed by atoms with van der Waals surface area (Å²) in [5, 5.41) is 9.76. The summed E-state index contributed by atoms with van der Waals surface area (Å²) in [7, 11) is 0. The minimum absolute atomic E-state index is 0.00417. The summed E-state index contributed by atoms with van der Waals surface area (Å²) in [4.78, 5) is 33.5. The number of amides is 2. The second-order valence-electron chi connectivity index (χ2n) is 10.6. The third kappa shape index (κ3) is 5.86. The summed E-state index contributed by atoms with van der Waals surface area (Å²) in [6, 6.07) is 1.38. The summed E-state index contributed by atoms with van der Waals surface area (Å²) in [5.74, 6) is -11.2. The molecule has 2 aromatic heterocycles. The summed E-state index contributed by atoms with van der Waals surface area (Å²) >= 11 is 0. The Morgan fingerprint density at radius 1 is 1.12 bits per heavy atom. The molecule has 1 saturated heterocycles. The van der Waals surface area contributed by atoms with E-state index in [-0.39, 0.29) is 41.1 Å². The molecule has 2 atom stereocenters. The van der Waals surface area contributed by atoms with E-state index >= 15 is 4.39 Å². The molecule has 41 heavy (non-hydrogen) atoms. The third-order valence-electron chi connectivity index (χ3n) is 7.57. The van der Waals surface area contributed by atoms with Crippen molar-refractivity contribution in [2.75, 3.05) is 13.1 Å². The molecule has 0 bridgehead atoms. The Morgan fingerprint density at radius 3 is 2.39 bits per heavy atom. The second kappa shape index (κ2) is 10.6. The molecule has 2 N–H and O–H groups in total. The van der Waals surface area contributed by atoms with Gasteiger partial charge in [0.15, 0.2) is 11.5 Å². The van der Waals surface area contributed by atoms with Crippen molar-refractivity contribution in [3.8, 4) is 0 Å². The molecule has 1 aliphatic heterocycles. The highest BCUT2D eigenvalue weighted by Crippen LogP contribution is 2.42. The number of aromatic amines is 1. The fourth-order valence-electron chi connectivity index (χ4n) is 5.37. The Hall–Kier alpha value is -3.72. The van der Waals surface area contributed by atoms with Gasteiger partial charge in [-0.3, -0.25) is 9.59 Å². The zero-order chi connectivity index (χ0) is 29.7. The molecular weight excluding hydrogens is 565 g/mol. The van der Waals surface area contributed by atoms with Crippen LogP contribution in [0.2, 0.25) is 0 Å². The zero-order valence-corrected chi connectivity index (χ0v) is 21.6. The average molecular weight is 591 g/mol. The van der Waals surface area contributed by atoms with E-state index in [4.69, 9.17) is 0 Å². The average Bonchev–Trinajstić information content (AvgIpc) is 3.51. The molecule has 16 heteroatoms. The molecule has 2 amide bonds. The lowest BCUT2D eigenvalue weighted by Gasteiger charge is -2.40. The normalized spacial score (nSPS) is 20.2. The number of alkyl halides is 6. The maximum atomic E-state index is 15.8. The van der Waals surface area contributed by atoms with Crippen molar-refractivity contribution < 1.29 is 45.0 Å². The molecule has 2 fully saturated rings. The number of rotatable bonds is 8. The van der Waals surface area contributed by atoms with Crippen LogP contribution in [0.15, 0.2) is 16.8 Å². The van der Waals surface area contributed by atoms with Gasteiger partial charge in [-0.05, 0) is 36.9 Å². The summed E-state index contributed by atoms with van der Waals surface area (Å²) < 4.78 is 102. The topological polar surface area (TPSA) is 117 Å². The molecule has 1 aliphatic carbocycles. The van der Waals surface area contributed by atoms with Gasteiger partial charge < -0.3 is 15.2 Å². The Balaban J connectivity index is 1.49. The number of halogens is 7. The Kier molecular flexibility index (Phi) is 7.44. The predicted molar refractivity (Wildman–Crippen MR) is 127 cm³/mol. The lowest BCUT2D eigenvalue weighted by molar-refractivity contribution is -0.168. The number of benzene rings is 1. The van der Waals surface area contributed by atoms with Crippen molar-refractivity contribution in [3.05, 3.63) is 40.7 Å². The van der Waals surface area contributed by atoms with Crippen molar-refractivity contribution in [2.24, 2.45) is 5.92 Å². The monoisotopic (exact) mass is 590 g/mol. The molecular formula is C25H25F7N6O3. The molecule has 3 aromatic rings. The van der Waals surface area contributed by atoms with Crippen LogP contribution in [-0.4, -0.2) is 68.4 Å². The standard InChI is InChI=1S/C25H25F7N6O3/c1-11-18(37-41-36-11)22(39)35-19(12-4-6-24(29,30)7-5-12)21-33-15-3-2-13(17(28)20(15)34-21)14(8-16(26)27)23(40)38-9-25(31,32)10-38/h2-3,12,14,16,19H,4-10H2,1H3,(H,33,34)(H,35,39). The highest BCUT2D eigenvalue weighted by Gasteiger charge is 2.48. The Bertz CT molecular complexity index is 1440. The van der Waals surface area contributed by atoms with E-state index < -0.39 is 91.7 Å². The number of likely N-dealkylation sites (tertiary alicyclic amines) is 1. The fourth-order valence-corrected chi connectivity index (χ4v) is 5.37. The third-order valence-corrected chi connectivity index (χ3v) is 7.57. The van der Waals surface area contributed by atoms with Crippen molar-refractivity contribution in [3.63, 3.8) is 0 Å². The number of fused-ring (bicyclic) bond motifs is 1. The van der Waals surface area contributed by atoms with E-state index in [1.54, 1.807) is 0 Å². The molecule has 3 heterocycles. The van der Waals surface area contributed by atoms with Crippen LogP contribution in [0.1, 0.15) is 71.6 Å². The van der Waals surface area contributed by atoms with E-state index in [2.05, 4.69) is 30.2 Å². The lowest BCUT2D eigenvalue weighted by atomic mass is 9.81. The molecule has 0 radical (unpaired) electrons. The van der Waals surface area contributed by atoms with E-state index in [9.17, 15) is 35.9 Å². The predicted octanol–water partition coefficient (Wildman–Crippen LogP) is 4.91. The van der Waals surface area contributed by atoms with Gasteiger partial charge in [-0.1, -0.05) is 11.2 Å². The quantitative estimate of drug-likeness (QED) is 0.361. The molecule has 1 saturated carbocycles. The van der Waals surface area contributed by atoms with Crippen LogP contribution >= 0.6 is 0 Å². The maximum absolute atomic E-state index is 15.8. The SMILES string of the molecule is Cc1nonc1C(=O)NC(c1nc2c(F)c(C(CC(F)F)C(=O)N3CC(F)(F)C3)ccc2[nH]1)C1CCC(F)(F)CC1. The number of carbonyl (C=O) groups is 2. The number of hydrogen-bond acceptors (Lipinski definition) is 6. The largest absolute Gasteiger partial charge is 0.340 e. The fraction of sp³-hybridized carbons (Fsp3) is 0.560. The van der Waals surface area contributed by atoms with Gasteiger partial charge in [0.1, 0.15) is 17.0 Å². The first-order valence-corrected chi connectivity index (χ1v) is 12.9. The van der Waals surface area contributed by atoms with Gasteiger partial charge in [-0.2, -0.15) is 0 Å². The minimum Gasteiger partial charge on any atom is -0.340 e. The Morgan fingerprint density at radius 2 is 1.80 bits per heavy atom. The highest BCUT2D eigenvalue weighted by molar-refractivity contribution is 5.93. The van der Waals surface area contributed by atoms with E-state index in [0.717, 1.165) is 6.07 Å². The molecule has 1 aromatic carbocycles. The summed E-state index contributed by atoms with van der Waals surface area (Å²) in [6.45, 7) is -0.438. The van der Waals surface area contributed by atoms with Crippen LogP contribution in [0.25, 0.3) is 11.0 Å². The number of imidazole rings is 1. The molecule has 9 nitrogen and oxygen atoms in total. The molecule has 0 spiro atoms. The Labute approximate surface area is 227 Å². The van der Waals surface area contributed by atoms with Crippen LogP contribution in [0.3, 0.4) is 0 Å². The molecule has 2 unspecified atom stereocenters. The van der Waals surface area contributed by atoms with Crippen molar-refractivity contribution >= 4 is 22.8 Å².